The van der Waals surface area contributed by atoms with Crippen LogP contribution >= 0.6 is 0 Å². The van der Waals surface area contributed by atoms with Crippen LogP contribution in [0, 0.1) is 46.2 Å². The number of nitrogens with zero attached hydrogens (tertiary/aromatic N) is 3. The molecule has 0 N–H and O–H groups in total. The van der Waals surface area contributed by atoms with Gasteiger partial charge in [0.05, 0.1) is 0 Å². The number of aromatic nitrogens is 2. The quantitative estimate of drug-likeness (QED) is 0.111. The summed E-state index contributed by atoms with van der Waals surface area (Å²) < 4.78 is 122. The van der Waals surface area contributed by atoms with Crippen LogP contribution in [0.5, 0.6) is 5.75 Å². The van der Waals surface area contributed by atoms with Gasteiger partial charge in [0.2, 0.25) is 0 Å². The Labute approximate surface area is 263 Å². The zero-order chi connectivity index (χ0) is 33.9. The Balaban J connectivity index is 1.36. The van der Waals surface area contributed by atoms with Gasteiger partial charge in [-0.15, -0.1) is 0 Å². The summed E-state index contributed by atoms with van der Waals surface area (Å²) in [5, 5.41) is 8.79. The van der Waals surface area contributed by atoms with Crippen LogP contribution in [0.25, 0.3) is 33.6 Å². The lowest BCUT2D eigenvalue weighted by Gasteiger charge is -2.20. The van der Waals surface area contributed by atoms with Gasteiger partial charge in [-0.2, -0.15) is 14.0 Å². The molecule has 4 nitrogen and oxygen atoms in total. The number of nitriles is 1. The van der Waals surface area contributed by atoms with Gasteiger partial charge in [0.15, 0.2) is 5.82 Å². The number of halogens is 8. The second-order valence-corrected chi connectivity index (χ2v) is 10.6. The van der Waals surface area contributed by atoms with Crippen molar-refractivity contribution in [3.8, 4) is 45.5 Å². The molecule has 0 atom stereocenters. The SMILES string of the molecule is CCCCCc1cnc(-c2ccc(-c3cc(F)c(C(F)(F)Oc4ccc(-c5cc(F)c(C#N)c(F)c5)c(F)c4)c(F)c3)c(F)c2)nc1. The summed E-state index contributed by atoms with van der Waals surface area (Å²) in [4.78, 5) is 8.50. The number of hydrogen-bond donors (Lipinski definition) is 0. The van der Waals surface area contributed by atoms with Gasteiger partial charge < -0.3 is 4.74 Å². The van der Waals surface area contributed by atoms with Crippen molar-refractivity contribution in [2.45, 2.75) is 38.7 Å². The Kier molecular flexibility index (Phi) is 9.56. The van der Waals surface area contributed by atoms with Gasteiger partial charge in [0.1, 0.15) is 57.8 Å². The summed E-state index contributed by atoms with van der Waals surface area (Å²) in [6.07, 6.45) is 2.50. The van der Waals surface area contributed by atoms with Crippen LogP contribution < -0.4 is 4.74 Å². The van der Waals surface area contributed by atoms with Crippen molar-refractivity contribution in [2.75, 3.05) is 0 Å². The first kappa shape index (κ1) is 33.1. The Bertz CT molecular complexity index is 1950. The van der Waals surface area contributed by atoms with Crippen LogP contribution in [0.15, 0.2) is 73.1 Å². The highest BCUT2D eigenvalue weighted by Crippen LogP contribution is 2.39. The summed E-state index contributed by atoms with van der Waals surface area (Å²) in [6, 6.07) is 9.46. The molecule has 12 heteroatoms. The molecule has 0 spiro atoms. The molecular formula is C35H23F8N3O. The van der Waals surface area contributed by atoms with E-state index in [-0.39, 0.29) is 28.1 Å². The highest BCUT2D eigenvalue weighted by molar-refractivity contribution is 5.69. The predicted octanol–water partition coefficient (Wildman–Crippen LogP) is 10.0. The van der Waals surface area contributed by atoms with Crippen LogP contribution in [0.4, 0.5) is 35.1 Å². The molecule has 0 radical (unpaired) electrons. The molecule has 240 valence electrons. The molecule has 0 aliphatic heterocycles. The van der Waals surface area contributed by atoms with Crippen molar-refractivity contribution >= 4 is 0 Å². The molecule has 0 saturated heterocycles. The predicted molar refractivity (Wildman–Crippen MR) is 157 cm³/mol. The fourth-order valence-electron chi connectivity index (χ4n) is 4.93. The Morgan fingerprint density at radius 2 is 1.21 bits per heavy atom. The number of alkyl halides is 2. The minimum Gasteiger partial charge on any atom is -0.429 e. The average Bonchev–Trinajstić information content (AvgIpc) is 3.00. The number of unbranched alkanes of at least 4 members (excludes halogenated alkanes) is 2. The Morgan fingerprint density at radius 1 is 0.681 bits per heavy atom. The van der Waals surface area contributed by atoms with Gasteiger partial charge in [-0.25, -0.2) is 36.3 Å². The van der Waals surface area contributed by atoms with Crippen LogP contribution in [-0.2, 0) is 12.5 Å². The third kappa shape index (κ3) is 7.09. The highest BCUT2D eigenvalue weighted by Gasteiger charge is 2.41. The molecule has 0 fully saturated rings. The summed E-state index contributed by atoms with van der Waals surface area (Å²) in [7, 11) is 0. The Morgan fingerprint density at radius 3 is 1.74 bits per heavy atom. The fourth-order valence-corrected chi connectivity index (χ4v) is 4.93. The van der Waals surface area contributed by atoms with E-state index < -0.39 is 63.5 Å². The lowest BCUT2D eigenvalue weighted by atomic mass is 10.00. The van der Waals surface area contributed by atoms with Gasteiger partial charge in [-0.1, -0.05) is 31.9 Å². The molecule has 1 heterocycles. The molecule has 0 bridgehead atoms. The number of rotatable bonds is 10. The number of aryl methyl sites for hydroxylation is 1. The van der Waals surface area contributed by atoms with E-state index in [9.17, 15) is 13.2 Å². The van der Waals surface area contributed by atoms with Crippen molar-refractivity contribution < 1.29 is 39.9 Å². The van der Waals surface area contributed by atoms with Gasteiger partial charge in [-0.05, 0) is 72.0 Å². The lowest BCUT2D eigenvalue weighted by molar-refractivity contribution is -0.189. The second-order valence-electron chi connectivity index (χ2n) is 10.6. The summed E-state index contributed by atoms with van der Waals surface area (Å²) in [6.45, 7) is 2.09. The molecule has 0 unspecified atom stereocenters. The van der Waals surface area contributed by atoms with E-state index >= 15 is 22.0 Å². The first-order valence-electron chi connectivity index (χ1n) is 14.3. The average molecular weight is 654 g/mol. The second kappa shape index (κ2) is 13.6. The number of ether oxygens (including phenoxy) is 1. The van der Waals surface area contributed by atoms with Crippen molar-refractivity contribution in [3.63, 3.8) is 0 Å². The van der Waals surface area contributed by atoms with Gasteiger partial charge in [0, 0.05) is 35.2 Å². The van der Waals surface area contributed by atoms with Crippen LogP contribution in [0.3, 0.4) is 0 Å². The minimum absolute atomic E-state index is 0.222. The van der Waals surface area contributed by atoms with Crippen LogP contribution in [-0.4, -0.2) is 9.97 Å². The van der Waals surface area contributed by atoms with Gasteiger partial charge in [0.25, 0.3) is 0 Å². The van der Waals surface area contributed by atoms with Crippen LogP contribution in [0.2, 0.25) is 0 Å². The maximum atomic E-state index is 15.1. The third-order valence-electron chi connectivity index (χ3n) is 7.30. The van der Waals surface area contributed by atoms with E-state index in [1.54, 1.807) is 12.4 Å². The summed E-state index contributed by atoms with van der Waals surface area (Å²) in [5.41, 5.74) is -2.93. The molecule has 4 aromatic carbocycles. The monoisotopic (exact) mass is 653 g/mol. The highest BCUT2D eigenvalue weighted by atomic mass is 19.3. The van der Waals surface area contributed by atoms with Gasteiger partial charge in [-0.3, -0.25) is 0 Å². The van der Waals surface area contributed by atoms with E-state index in [1.165, 1.54) is 18.2 Å². The minimum atomic E-state index is -4.67. The van der Waals surface area contributed by atoms with Gasteiger partial charge >= 0.3 is 6.11 Å². The maximum absolute atomic E-state index is 15.1. The van der Waals surface area contributed by atoms with E-state index in [0.29, 0.717) is 30.3 Å². The van der Waals surface area contributed by atoms with E-state index in [2.05, 4.69) is 21.6 Å². The molecule has 0 amide bonds. The number of hydrogen-bond acceptors (Lipinski definition) is 4. The van der Waals surface area contributed by atoms with Crippen molar-refractivity contribution in [3.05, 3.63) is 125 Å². The molecular weight excluding hydrogens is 630 g/mol. The summed E-state index contributed by atoms with van der Waals surface area (Å²) >= 11 is 0. The zero-order valence-electron chi connectivity index (χ0n) is 24.5. The molecule has 47 heavy (non-hydrogen) atoms. The lowest BCUT2D eigenvalue weighted by Crippen LogP contribution is -2.25. The first-order chi connectivity index (χ1) is 22.4. The molecule has 5 aromatic rings. The molecule has 0 aliphatic rings. The van der Waals surface area contributed by atoms with Crippen LogP contribution in [0.1, 0.15) is 42.9 Å². The Hall–Kier alpha value is -5.31. The topological polar surface area (TPSA) is 58.8 Å². The smallest absolute Gasteiger partial charge is 0.429 e. The normalized spacial score (nSPS) is 11.4. The summed E-state index contributed by atoms with van der Waals surface area (Å²) in [5.74, 6) is -8.89. The van der Waals surface area contributed by atoms with Crippen molar-refractivity contribution in [2.24, 2.45) is 0 Å². The number of benzene rings is 4. The zero-order valence-corrected chi connectivity index (χ0v) is 24.5. The largest absolute Gasteiger partial charge is 0.432 e. The standard InChI is InChI=1S/C35H23F8N3O/c1-2-3-4-5-19-17-45-34(46-18-19)20-6-8-24(27(36)10-20)22-13-31(40)33(32(41)14-22)35(42,43)47-23-7-9-25(30(39)15-23)21-11-28(37)26(16-44)29(38)12-21/h6-15,17-18H,2-5H2,1H3. The van der Waals surface area contributed by atoms with E-state index in [1.807, 2.05) is 0 Å². The van der Waals surface area contributed by atoms with Crippen molar-refractivity contribution in [1.82, 2.24) is 9.97 Å². The van der Waals surface area contributed by atoms with E-state index in [0.717, 1.165) is 49.4 Å². The fraction of sp³-hybridized carbons (Fsp3) is 0.171. The molecule has 5 rings (SSSR count). The molecule has 1 aromatic heterocycles. The maximum Gasteiger partial charge on any atom is 0.432 e. The third-order valence-corrected chi connectivity index (χ3v) is 7.30. The van der Waals surface area contributed by atoms with E-state index in [4.69, 9.17) is 5.26 Å². The first-order valence-corrected chi connectivity index (χ1v) is 14.3. The molecule has 0 saturated carbocycles. The molecule has 0 aliphatic carbocycles. The van der Waals surface area contributed by atoms with Crippen molar-refractivity contribution in [1.29, 1.82) is 5.26 Å².